The first-order chi connectivity index (χ1) is 12.8. The predicted molar refractivity (Wildman–Crippen MR) is 102 cm³/mol. The van der Waals surface area contributed by atoms with Gasteiger partial charge in [-0.25, -0.2) is 4.79 Å². The molecule has 1 aromatic carbocycles. The second kappa shape index (κ2) is 9.61. The number of alkyl halides is 3. The normalized spacial score (nSPS) is 14.4. The lowest BCUT2D eigenvalue weighted by Gasteiger charge is -2.29. The molecule has 1 aromatic rings. The molecular formula is C20H27F3N2O3. The van der Waals surface area contributed by atoms with Crippen LogP contribution in [-0.4, -0.2) is 55.1 Å². The Labute approximate surface area is 163 Å². The van der Waals surface area contributed by atoms with E-state index in [0.717, 1.165) is 29.7 Å². The molecule has 0 radical (unpaired) electrons. The number of benzene rings is 1. The largest absolute Gasteiger partial charge is 0.444 e. The van der Waals surface area contributed by atoms with Crippen LogP contribution in [0.2, 0.25) is 0 Å². The fraction of sp³-hybridized carbons (Fsp3) is 0.500. The van der Waals surface area contributed by atoms with Crippen molar-refractivity contribution in [2.24, 2.45) is 0 Å². The van der Waals surface area contributed by atoms with Gasteiger partial charge >= 0.3 is 12.3 Å². The van der Waals surface area contributed by atoms with E-state index in [0.29, 0.717) is 19.5 Å². The molecule has 2 rings (SSSR count). The number of carbonyl (C=O) groups is 2. The van der Waals surface area contributed by atoms with Gasteiger partial charge in [0.25, 0.3) is 0 Å². The van der Waals surface area contributed by atoms with Crippen molar-refractivity contribution in [3.63, 3.8) is 0 Å². The molecule has 8 heteroatoms. The van der Waals surface area contributed by atoms with Gasteiger partial charge in [-0.2, -0.15) is 13.2 Å². The van der Waals surface area contributed by atoms with Crippen molar-refractivity contribution in [3.05, 3.63) is 41.5 Å². The van der Waals surface area contributed by atoms with E-state index >= 15 is 0 Å². The van der Waals surface area contributed by atoms with Gasteiger partial charge in [0.1, 0.15) is 5.60 Å². The van der Waals surface area contributed by atoms with Crippen molar-refractivity contribution >= 4 is 18.1 Å². The quantitative estimate of drug-likeness (QED) is 0.690. The summed E-state index contributed by atoms with van der Waals surface area (Å²) in [5.41, 5.74) is 0.488. The van der Waals surface area contributed by atoms with Crippen LogP contribution in [0.3, 0.4) is 0 Å². The zero-order valence-corrected chi connectivity index (χ0v) is 16.8. The van der Waals surface area contributed by atoms with Crippen LogP contribution in [0.1, 0.15) is 38.3 Å². The Kier molecular flexibility index (Phi) is 8.08. The highest BCUT2D eigenvalue weighted by atomic mass is 19.4. The van der Waals surface area contributed by atoms with Crippen LogP contribution in [0.4, 0.5) is 18.0 Å². The Bertz CT molecular complexity index is 690. The van der Waals surface area contributed by atoms with E-state index in [-0.39, 0.29) is 6.09 Å². The molecule has 156 valence electrons. The van der Waals surface area contributed by atoms with E-state index < -0.39 is 17.3 Å². The number of hydrogen-bond acceptors (Lipinski definition) is 3. The summed E-state index contributed by atoms with van der Waals surface area (Å²) < 4.78 is 43.0. The maximum atomic E-state index is 12.6. The van der Waals surface area contributed by atoms with Gasteiger partial charge in [-0.1, -0.05) is 18.2 Å². The molecule has 0 fully saturated rings. The lowest BCUT2D eigenvalue weighted by atomic mass is 9.98. The fourth-order valence-corrected chi connectivity index (χ4v) is 2.30. The Morgan fingerprint density at radius 3 is 2.04 bits per heavy atom. The van der Waals surface area contributed by atoms with Crippen LogP contribution in [-0.2, 0) is 15.7 Å². The molecule has 0 unspecified atom stereocenters. The third-order valence-corrected chi connectivity index (χ3v) is 3.65. The summed E-state index contributed by atoms with van der Waals surface area (Å²) in [6.07, 6.45) is -1.51. The minimum atomic E-state index is -4.33. The third kappa shape index (κ3) is 8.02. The average Bonchev–Trinajstić information content (AvgIpc) is 2.60. The second-order valence-corrected chi connectivity index (χ2v) is 7.55. The molecule has 0 bridgehead atoms. The van der Waals surface area contributed by atoms with Crippen LogP contribution >= 0.6 is 0 Å². The van der Waals surface area contributed by atoms with Crippen LogP contribution in [0, 0.1) is 0 Å². The van der Waals surface area contributed by atoms with Gasteiger partial charge < -0.3 is 14.5 Å². The molecule has 0 aromatic heterocycles. The Morgan fingerprint density at radius 2 is 1.68 bits per heavy atom. The number of hydrogen-bond donors (Lipinski definition) is 0. The first kappa shape index (κ1) is 23.5. The predicted octanol–water partition coefficient (Wildman–Crippen LogP) is 4.43. The number of amides is 2. The Balaban J connectivity index is 0.000000696. The van der Waals surface area contributed by atoms with Crippen LogP contribution in [0.5, 0.6) is 0 Å². The van der Waals surface area contributed by atoms with Gasteiger partial charge in [-0.15, -0.1) is 0 Å². The topological polar surface area (TPSA) is 49.9 Å². The number of rotatable bonds is 2. The lowest BCUT2D eigenvalue weighted by molar-refractivity contribution is -0.137. The third-order valence-electron chi connectivity index (χ3n) is 3.65. The van der Waals surface area contributed by atoms with Crippen molar-refractivity contribution in [2.45, 2.75) is 39.0 Å². The summed E-state index contributed by atoms with van der Waals surface area (Å²) in [6, 6.07) is 5.10. The highest BCUT2D eigenvalue weighted by Crippen LogP contribution is 2.31. The standard InChI is InChI=1S/C17H20F3NO2.C3H7NO/c1-16(2,3)23-15(22)21-10-8-13(9-11-21)12-4-6-14(7-5-12)17(18,19)20;1-4(2)3-5/h4-8H,9-11H2,1-3H3;3H,1-2H3. The number of ether oxygens (including phenoxy) is 1. The molecule has 5 nitrogen and oxygen atoms in total. The molecule has 0 spiro atoms. The molecule has 1 heterocycles. The van der Waals surface area contributed by atoms with Gasteiger partial charge in [0.15, 0.2) is 0 Å². The van der Waals surface area contributed by atoms with Gasteiger partial charge in [-0.3, -0.25) is 4.79 Å². The van der Waals surface area contributed by atoms with E-state index in [1.807, 2.05) is 6.08 Å². The molecule has 0 saturated heterocycles. The fourth-order valence-electron chi connectivity index (χ4n) is 2.30. The first-order valence-corrected chi connectivity index (χ1v) is 8.80. The maximum Gasteiger partial charge on any atom is 0.416 e. The Hall–Kier alpha value is -2.51. The van der Waals surface area contributed by atoms with Crippen molar-refractivity contribution in [1.82, 2.24) is 9.80 Å². The molecule has 0 atom stereocenters. The second-order valence-electron chi connectivity index (χ2n) is 7.55. The molecule has 1 aliphatic rings. The molecule has 2 amide bonds. The molecule has 0 saturated carbocycles. The molecule has 0 aliphatic carbocycles. The summed E-state index contributed by atoms with van der Waals surface area (Å²) in [7, 11) is 3.38. The van der Waals surface area contributed by atoms with E-state index in [1.165, 1.54) is 17.0 Å². The zero-order chi connectivity index (χ0) is 21.5. The van der Waals surface area contributed by atoms with Crippen molar-refractivity contribution in [2.75, 3.05) is 27.2 Å². The SMILES string of the molecule is CC(C)(C)OC(=O)N1CC=C(c2ccc(C(F)(F)F)cc2)CC1.CN(C)C=O. The highest BCUT2D eigenvalue weighted by Gasteiger charge is 2.30. The zero-order valence-electron chi connectivity index (χ0n) is 16.8. The minimum Gasteiger partial charge on any atom is -0.444 e. The van der Waals surface area contributed by atoms with Crippen LogP contribution < -0.4 is 0 Å². The van der Waals surface area contributed by atoms with Gasteiger partial charge in [0, 0.05) is 27.2 Å². The van der Waals surface area contributed by atoms with E-state index in [1.54, 1.807) is 39.8 Å². The summed E-state index contributed by atoms with van der Waals surface area (Å²) >= 11 is 0. The molecule has 1 aliphatic heterocycles. The average molecular weight is 400 g/mol. The monoisotopic (exact) mass is 400 g/mol. The van der Waals surface area contributed by atoms with Crippen molar-refractivity contribution in [3.8, 4) is 0 Å². The van der Waals surface area contributed by atoms with Crippen LogP contribution in [0.15, 0.2) is 30.3 Å². The van der Waals surface area contributed by atoms with Gasteiger partial charge in [-0.05, 0) is 50.5 Å². The molecular weight excluding hydrogens is 373 g/mol. The first-order valence-electron chi connectivity index (χ1n) is 8.80. The lowest BCUT2D eigenvalue weighted by Crippen LogP contribution is -2.39. The minimum absolute atomic E-state index is 0.375. The Morgan fingerprint density at radius 1 is 1.14 bits per heavy atom. The smallest absolute Gasteiger partial charge is 0.416 e. The number of nitrogens with zero attached hydrogens (tertiary/aromatic N) is 2. The van der Waals surface area contributed by atoms with Crippen LogP contribution in [0.25, 0.3) is 5.57 Å². The highest BCUT2D eigenvalue weighted by molar-refractivity contribution is 5.72. The summed E-state index contributed by atoms with van der Waals surface area (Å²) in [4.78, 5) is 24.4. The van der Waals surface area contributed by atoms with Gasteiger partial charge in [0.2, 0.25) is 6.41 Å². The summed E-state index contributed by atoms with van der Waals surface area (Å²) in [5.74, 6) is 0. The summed E-state index contributed by atoms with van der Waals surface area (Å²) in [6.45, 7) is 6.29. The maximum absolute atomic E-state index is 12.6. The van der Waals surface area contributed by atoms with E-state index in [4.69, 9.17) is 4.74 Å². The molecule has 28 heavy (non-hydrogen) atoms. The number of halogens is 3. The van der Waals surface area contributed by atoms with Gasteiger partial charge in [0.05, 0.1) is 5.56 Å². The van der Waals surface area contributed by atoms with E-state index in [9.17, 15) is 22.8 Å². The summed E-state index contributed by atoms with van der Waals surface area (Å²) in [5, 5.41) is 0. The number of carbonyl (C=O) groups excluding carboxylic acids is 2. The van der Waals surface area contributed by atoms with E-state index in [2.05, 4.69) is 0 Å². The molecule has 0 N–H and O–H groups in total. The van der Waals surface area contributed by atoms with Crippen molar-refractivity contribution in [1.29, 1.82) is 0 Å². The van der Waals surface area contributed by atoms with Crippen molar-refractivity contribution < 1.29 is 27.5 Å².